The molecule has 2 aromatic rings. The molecule has 0 atom stereocenters. The number of halogens is 1. The summed E-state index contributed by atoms with van der Waals surface area (Å²) in [4.78, 5) is 27.3. The number of pyridine rings is 1. The number of benzene rings is 1. The Morgan fingerprint density at radius 1 is 1.14 bits per heavy atom. The molecule has 2 rings (SSSR count). The number of hydrogen-bond acceptors (Lipinski definition) is 4. The molecule has 7 heteroatoms. The predicted octanol–water partition coefficient (Wildman–Crippen LogP) is 1.84. The van der Waals surface area contributed by atoms with Gasteiger partial charge in [0.1, 0.15) is 5.82 Å². The first-order chi connectivity index (χ1) is 10.5. The lowest BCUT2D eigenvalue weighted by molar-refractivity contribution is 0.0962. The number of methoxy groups -OCH3 is 1. The van der Waals surface area contributed by atoms with Crippen LogP contribution in [0.4, 0.5) is 10.2 Å². The summed E-state index contributed by atoms with van der Waals surface area (Å²) in [6.07, 6.45) is 1.34. The number of carbonyl (C=O) groups is 2. The molecule has 0 aliphatic heterocycles. The fraction of sp³-hybridized carbons (Fsp3) is 0.133. The highest BCUT2D eigenvalue weighted by molar-refractivity contribution is 6.04. The van der Waals surface area contributed by atoms with Crippen molar-refractivity contribution in [1.29, 1.82) is 0 Å². The van der Waals surface area contributed by atoms with Crippen molar-refractivity contribution in [3.63, 3.8) is 0 Å². The quantitative estimate of drug-likeness (QED) is 0.903. The van der Waals surface area contributed by atoms with Crippen molar-refractivity contribution in [3.05, 3.63) is 53.5 Å². The van der Waals surface area contributed by atoms with E-state index in [9.17, 15) is 14.0 Å². The van der Waals surface area contributed by atoms with Gasteiger partial charge in [-0.05, 0) is 30.3 Å². The van der Waals surface area contributed by atoms with Crippen LogP contribution in [-0.2, 0) is 0 Å². The van der Waals surface area contributed by atoms with Crippen LogP contribution in [-0.4, -0.2) is 31.0 Å². The van der Waals surface area contributed by atoms with Crippen molar-refractivity contribution in [3.8, 4) is 5.75 Å². The molecule has 2 N–H and O–H groups in total. The summed E-state index contributed by atoms with van der Waals surface area (Å²) in [7, 11) is 2.85. The zero-order chi connectivity index (χ0) is 16.1. The van der Waals surface area contributed by atoms with Crippen LogP contribution in [0.5, 0.6) is 5.75 Å². The Morgan fingerprint density at radius 2 is 1.86 bits per heavy atom. The second-order valence-corrected chi connectivity index (χ2v) is 4.31. The van der Waals surface area contributed by atoms with Gasteiger partial charge in [0, 0.05) is 18.8 Å². The van der Waals surface area contributed by atoms with Crippen LogP contribution in [0.15, 0.2) is 36.5 Å². The van der Waals surface area contributed by atoms with Gasteiger partial charge in [-0.2, -0.15) is 0 Å². The van der Waals surface area contributed by atoms with Gasteiger partial charge in [0.2, 0.25) is 0 Å². The number of amides is 2. The van der Waals surface area contributed by atoms with Gasteiger partial charge in [-0.1, -0.05) is 0 Å². The molecule has 6 nitrogen and oxygen atoms in total. The van der Waals surface area contributed by atoms with Crippen molar-refractivity contribution >= 4 is 17.6 Å². The first-order valence-corrected chi connectivity index (χ1v) is 6.38. The number of anilines is 1. The maximum Gasteiger partial charge on any atom is 0.256 e. The summed E-state index contributed by atoms with van der Waals surface area (Å²) in [5.74, 6) is -1.10. The van der Waals surface area contributed by atoms with Crippen LogP contribution in [0.25, 0.3) is 0 Å². The second-order valence-electron chi connectivity index (χ2n) is 4.31. The van der Waals surface area contributed by atoms with Crippen molar-refractivity contribution in [2.24, 2.45) is 0 Å². The highest BCUT2D eigenvalue weighted by Gasteiger charge is 2.11. The zero-order valence-electron chi connectivity index (χ0n) is 12.0. The molecule has 2 amide bonds. The molecule has 0 aliphatic carbocycles. The summed E-state index contributed by atoms with van der Waals surface area (Å²) in [6, 6.07) is 6.90. The van der Waals surface area contributed by atoms with Gasteiger partial charge in [0.05, 0.1) is 12.7 Å². The number of hydrogen-bond donors (Lipinski definition) is 2. The van der Waals surface area contributed by atoms with E-state index in [2.05, 4.69) is 15.6 Å². The third kappa shape index (κ3) is 3.38. The minimum Gasteiger partial charge on any atom is -0.494 e. The number of aromatic nitrogens is 1. The molecular weight excluding hydrogens is 289 g/mol. The SMILES string of the molecule is CNC(=O)c1ccc(NC(=O)c2ccc(OC)c(F)c2)nc1. The molecule has 0 unspecified atom stereocenters. The van der Waals surface area contributed by atoms with Crippen LogP contribution in [0.3, 0.4) is 0 Å². The Morgan fingerprint density at radius 3 is 2.41 bits per heavy atom. The molecule has 0 saturated heterocycles. The van der Waals surface area contributed by atoms with Gasteiger partial charge >= 0.3 is 0 Å². The van der Waals surface area contributed by atoms with Gasteiger partial charge in [0.25, 0.3) is 11.8 Å². The number of ether oxygens (including phenoxy) is 1. The molecule has 0 saturated carbocycles. The van der Waals surface area contributed by atoms with Gasteiger partial charge in [-0.25, -0.2) is 9.37 Å². The largest absolute Gasteiger partial charge is 0.494 e. The van der Waals surface area contributed by atoms with E-state index in [1.807, 2.05) is 0 Å². The Hall–Kier alpha value is -2.96. The molecule has 0 fully saturated rings. The summed E-state index contributed by atoms with van der Waals surface area (Å²) < 4.78 is 18.4. The Labute approximate surface area is 126 Å². The Bertz CT molecular complexity index is 702. The van der Waals surface area contributed by atoms with Crippen LogP contribution in [0.1, 0.15) is 20.7 Å². The first-order valence-electron chi connectivity index (χ1n) is 6.38. The minimum absolute atomic E-state index is 0.0598. The third-order valence-corrected chi connectivity index (χ3v) is 2.91. The molecule has 1 aromatic heterocycles. The van der Waals surface area contributed by atoms with E-state index in [0.717, 1.165) is 6.07 Å². The lowest BCUT2D eigenvalue weighted by Crippen LogP contribution is -2.18. The van der Waals surface area contributed by atoms with Crippen molar-refractivity contribution in [2.75, 3.05) is 19.5 Å². The summed E-state index contributed by atoms with van der Waals surface area (Å²) in [5, 5.41) is 4.98. The molecular formula is C15H14FN3O3. The Kier molecular flexibility index (Phi) is 4.67. The van der Waals surface area contributed by atoms with Crippen LogP contribution in [0, 0.1) is 5.82 Å². The maximum atomic E-state index is 13.6. The van der Waals surface area contributed by atoms with E-state index in [4.69, 9.17) is 4.74 Å². The monoisotopic (exact) mass is 303 g/mol. The highest BCUT2D eigenvalue weighted by Crippen LogP contribution is 2.18. The number of nitrogens with zero attached hydrogens (tertiary/aromatic N) is 1. The smallest absolute Gasteiger partial charge is 0.256 e. The summed E-state index contributed by atoms with van der Waals surface area (Å²) in [6.45, 7) is 0. The van der Waals surface area contributed by atoms with E-state index in [0.29, 0.717) is 5.56 Å². The summed E-state index contributed by atoms with van der Waals surface area (Å²) >= 11 is 0. The topological polar surface area (TPSA) is 80.3 Å². The normalized spacial score (nSPS) is 9.95. The van der Waals surface area contributed by atoms with E-state index >= 15 is 0 Å². The van der Waals surface area contributed by atoms with Gasteiger partial charge < -0.3 is 15.4 Å². The molecule has 114 valence electrons. The summed E-state index contributed by atoms with van der Waals surface area (Å²) in [5.41, 5.74) is 0.506. The molecule has 0 radical (unpaired) electrons. The maximum absolute atomic E-state index is 13.6. The van der Waals surface area contributed by atoms with Gasteiger partial charge in [-0.15, -0.1) is 0 Å². The second kappa shape index (κ2) is 6.66. The fourth-order valence-electron chi connectivity index (χ4n) is 1.74. The zero-order valence-corrected chi connectivity index (χ0v) is 12.0. The predicted molar refractivity (Wildman–Crippen MR) is 78.5 cm³/mol. The highest BCUT2D eigenvalue weighted by atomic mass is 19.1. The first kappa shape index (κ1) is 15.4. The number of rotatable bonds is 4. The van der Waals surface area contributed by atoms with E-state index in [1.165, 1.54) is 44.6 Å². The molecule has 0 spiro atoms. The van der Waals surface area contributed by atoms with E-state index in [1.54, 1.807) is 0 Å². The molecule has 0 bridgehead atoms. The van der Waals surface area contributed by atoms with Gasteiger partial charge in [-0.3, -0.25) is 9.59 Å². The van der Waals surface area contributed by atoms with Crippen LogP contribution in [0.2, 0.25) is 0 Å². The van der Waals surface area contributed by atoms with Crippen LogP contribution < -0.4 is 15.4 Å². The van der Waals surface area contributed by atoms with Crippen molar-refractivity contribution in [2.45, 2.75) is 0 Å². The average molecular weight is 303 g/mol. The minimum atomic E-state index is -0.627. The van der Waals surface area contributed by atoms with E-state index < -0.39 is 11.7 Å². The Balaban J connectivity index is 2.11. The van der Waals surface area contributed by atoms with Crippen LogP contribution >= 0.6 is 0 Å². The standard InChI is InChI=1S/C15H14FN3O3/c1-17-14(20)10-4-6-13(18-8-10)19-15(21)9-3-5-12(22-2)11(16)7-9/h3-8H,1-2H3,(H,17,20)(H,18,19,21). The van der Waals surface area contributed by atoms with E-state index in [-0.39, 0.29) is 23.0 Å². The molecule has 22 heavy (non-hydrogen) atoms. The fourth-order valence-corrected chi connectivity index (χ4v) is 1.74. The average Bonchev–Trinajstić information content (AvgIpc) is 2.54. The third-order valence-electron chi connectivity index (χ3n) is 2.91. The lowest BCUT2D eigenvalue weighted by atomic mass is 10.2. The molecule has 1 heterocycles. The van der Waals surface area contributed by atoms with Gasteiger partial charge in [0.15, 0.2) is 11.6 Å². The van der Waals surface area contributed by atoms with Crippen molar-refractivity contribution in [1.82, 2.24) is 10.3 Å². The lowest BCUT2D eigenvalue weighted by Gasteiger charge is -2.07. The van der Waals surface area contributed by atoms with Crippen molar-refractivity contribution < 1.29 is 18.7 Å². The molecule has 0 aliphatic rings. The molecule has 1 aromatic carbocycles. The number of carbonyl (C=O) groups excluding carboxylic acids is 2. The number of nitrogens with one attached hydrogen (secondary N) is 2.